The minimum atomic E-state index is -0.910. The first kappa shape index (κ1) is 16.8. The number of nitriles is 1. The quantitative estimate of drug-likeness (QED) is 0.729. The number of nitrogens with zero attached hydrogens (tertiary/aromatic N) is 3. The summed E-state index contributed by atoms with van der Waals surface area (Å²) in [5, 5.41) is 11.9. The van der Waals surface area contributed by atoms with Gasteiger partial charge in [-0.15, -0.1) is 11.3 Å². The first-order chi connectivity index (χ1) is 11.6. The number of ketones is 1. The van der Waals surface area contributed by atoms with Gasteiger partial charge in [-0.25, -0.2) is 9.97 Å². The summed E-state index contributed by atoms with van der Waals surface area (Å²) in [5.74, 6) is -0.0286. The van der Waals surface area contributed by atoms with Crippen molar-refractivity contribution < 1.29 is 9.21 Å². The molecule has 126 valence electrons. The van der Waals surface area contributed by atoms with Gasteiger partial charge in [0.05, 0.1) is 11.8 Å². The lowest BCUT2D eigenvalue weighted by Gasteiger charge is -2.17. The summed E-state index contributed by atoms with van der Waals surface area (Å²) in [7, 11) is 0. The van der Waals surface area contributed by atoms with E-state index in [1.807, 2.05) is 19.2 Å². The summed E-state index contributed by atoms with van der Waals surface area (Å²) < 4.78 is 5.54. The molecule has 2 heterocycles. The molecule has 3 rings (SSSR count). The van der Waals surface area contributed by atoms with E-state index in [1.165, 1.54) is 36.9 Å². The average molecular weight is 343 g/mol. The fraction of sp³-hybridized carbons (Fsp3) is 0.556. The van der Waals surface area contributed by atoms with Crippen molar-refractivity contribution in [2.45, 2.75) is 63.7 Å². The Balaban J connectivity index is 1.78. The number of carbonyl (C=O) groups is 1. The standard InChI is InChI=1S/C18H21N3O2S/c1-11(2)15-10-24-18(21-15)13(8-19)16(22)14-9-23-17(20-14)12-6-4-3-5-7-12/h9-13H,3-7H2,1-2H3. The molecule has 1 atom stereocenters. The first-order valence-corrected chi connectivity index (χ1v) is 9.32. The molecule has 0 saturated heterocycles. The topological polar surface area (TPSA) is 79.8 Å². The number of oxazole rings is 1. The van der Waals surface area contributed by atoms with Gasteiger partial charge in [-0.1, -0.05) is 33.1 Å². The molecule has 2 aromatic rings. The van der Waals surface area contributed by atoms with Crippen LogP contribution < -0.4 is 0 Å². The van der Waals surface area contributed by atoms with Crippen molar-refractivity contribution in [3.63, 3.8) is 0 Å². The smallest absolute Gasteiger partial charge is 0.208 e. The van der Waals surface area contributed by atoms with E-state index in [1.54, 1.807) is 0 Å². The zero-order valence-corrected chi connectivity index (χ0v) is 14.8. The molecule has 0 aliphatic heterocycles. The number of Topliss-reactive ketones (excluding diaryl/α,β-unsaturated/α-hetero) is 1. The Morgan fingerprint density at radius 3 is 2.71 bits per heavy atom. The first-order valence-electron chi connectivity index (χ1n) is 8.44. The van der Waals surface area contributed by atoms with Gasteiger partial charge in [0.2, 0.25) is 5.78 Å². The highest BCUT2D eigenvalue weighted by molar-refractivity contribution is 7.10. The highest BCUT2D eigenvalue weighted by atomic mass is 32.1. The van der Waals surface area contributed by atoms with Crippen LogP contribution in [0.15, 0.2) is 16.1 Å². The molecule has 0 radical (unpaired) electrons. The van der Waals surface area contributed by atoms with Crippen molar-refractivity contribution >= 4 is 17.1 Å². The van der Waals surface area contributed by atoms with Crippen LogP contribution in [0.5, 0.6) is 0 Å². The maximum Gasteiger partial charge on any atom is 0.208 e. The van der Waals surface area contributed by atoms with E-state index in [0.29, 0.717) is 16.8 Å². The molecule has 6 heteroatoms. The molecule has 2 aromatic heterocycles. The van der Waals surface area contributed by atoms with Crippen molar-refractivity contribution in [3.8, 4) is 6.07 Å². The summed E-state index contributed by atoms with van der Waals surface area (Å²) in [6, 6.07) is 2.07. The van der Waals surface area contributed by atoms with Crippen LogP contribution in [-0.4, -0.2) is 15.8 Å². The second-order valence-corrected chi connectivity index (χ2v) is 7.49. The lowest BCUT2D eigenvalue weighted by atomic mass is 9.89. The molecule has 24 heavy (non-hydrogen) atoms. The van der Waals surface area contributed by atoms with E-state index in [4.69, 9.17) is 4.42 Å². The van der Waals surface area contributed by atoms with Crippen LogP contribution in [0.4, 0.5) is 0 Å². The highest BCUT2D eigenvalue weighted by Gasteiger charge is 2.29. The fourth-order valence-corrected chi connectivity index (χ4v) is 4.03. The third kappa shape index (κ3) is 3.41. The van der Waals surface area contributed by atoms with E-state index in [-0.39, 0.29) is 17.4 Å². The van der Waals surface area contributed by atoms with Crippen LogP contribution in [0, 0.1) is 11.3 Å². The third-order valence-electron chi connectivity index (χ3n) is 4.50. The van der Waals surface area contributed by atoms with E-state index < -0.39 is 5.92 Å². The SMILES string of the molecule is CC(C)c1csc(C(C#N)C(=O)c2coc(C3CCCCC3)n2)n1. The lowest BCUT2D eigenvalue weighted by molar-refractivity contribution is 0.0974. The van der Waals surface area contributed by atoms with Crippen LogP contribution in [0.3, 0.4) is 0 Å². The zero-order chi connectivity index (χ0) is 17.1. The number of carbonyl (C=O) groups excluding carboxylic acids is 1. The lowest BCUT2D eigenvalue weighted by Crippen LogP contribution is -2.12. The molecule has 0 spiro atoms. The van der Waals surface area contributed by atoms with E-state index >= 15 is 0 Å². The number of aromatic nitrogens is 2. The Labute approximate surface area is 145 Å². The van der Waals surface area contributed by atoms with Gasteiger partial charge in [-0.05, 0) is 18.8 Å². The van der Waals surface area contributed by atoms with Gasteiger partial charge in [-0.2, -0.15) is 5.26 Å². The molecule has 1 aliphatic rings. The third-order valence-corrected chi connectivity index (χ3v) is 5.43. The van der Waals surface area contributed by atoms with Crippen molar-refractivity contribution in [1.82, 2.24) is 9.97 Å². The Kier molecular flexibility index (Phi) is 5.10. The number of hydrogen-bond donors (Lipinski definition) is 0. The molecule has 1 saturated carbocycles. The second kappa shape index (κ2) is 7.27. The minimum absolute atomic E-state index is 0.239. The zero-order valence-electron chi connectivity index (χ0n) is 14.0. The average Bonchev–Trinajstić information content (AvgIpc) is 3.26. The van der Waals surface area contributed by atoms with E-state index in [2.05, 4.69) is 16.0 Å². The van der Waals surface area contributed by atoms with Crippen molar-refractivity contribution in [1.29, 1.82) is 5.26 Å². The van der Waals surface area contributed by atoms with E-state index in [9.17, 15) is 10.1 Å². The summed E-state index contributed by atoms with van der Waals surface area (Å²) in [6.07, 6.45) is 7.11. The van der Waals surface area contributed by atoms with Gasteiger partial charge in [0.1, 0.15) is 17.0 Å². The summed E-state index contributed by atoms with van der Waals surface area (Å²) in [6.45, 7) is 4.08. The van der Waals surface area contributed by atoms with Crippen LogP contribution in [0.2, 0.25) is 0 Å². The number of thiazole rings is 1. The molecule has 0 amide bonds. The van der Waals surface area contributed by atoms with Crippen LogP contribution in [0.25, 0.3) is 0 Å². The number of hydrogen-bond acceptors (Lipinski definition) is 6. The molecule has 0 bridgehead atoms. The normalized spacial score (nSPS) is 16.9. The predicted molar refractivity (Wildman–Crippen MR) is 91.2 cm³/mol. The fourth-order valence-electron chi connectivity index (χ4n) is 3.01. The van der Waals surface area contributed by atoms with Gasteiger partial charge < -0.3 is 4.42 Å². The van der Waals surface area contributed by atoms with Crippen LogP contribution in [-0.2, 0) is 0 Å². The van der Waals surface area contributed by atoms with Gasteiger partial charge in [-0.3, -0.25) is 4.79 Å². The summed E-state index contributed by atoms with van der Waals surface area (Å²) in [5.41, 5.74) is 1.15. The van der Waals surface area contributed by atoms with Crippen molar-refractivity contribution in [2.24, 2.45) is 0 Å². The Hall–Kier alpha value is -2.00. The van der Waals surface area contributed by atoms with Crippen molar-refractivity contribution in [3.05, 3.63) is 33.9 Å². The van der Waals surface area contributed by atoms with Crippen LogP contribution >= 0.6 is 11.3 Å². The van der Waals surface area contributed by atoms with Gasteiger partial charge in [0.15, 0.2) is 11.8 Å². The molecule has 0 aromatic carbocycles. The highest BCUT2D eigenvalue weighted by Crippen LogP contribution is 2.33. The molecular formula is C18H21N3O2S. The molecule has 1 fully saturated rings. The number of rotatable bonds is 5. The maximum absolute atomic E-state index is 12.7. The Morgan fingerprint density at radius 2 is 2.08 bits per heavy atom. The van der Waals surface area contributed by atoms with Gasteiger partial charge in [0.25, 0.3) is 0 Å². The molecule has 5 nitrogen and oxygen atoms in total. The Bertz CT molecular complexity index is 750. The summed E-state index contributed by atoms with van der Waals surface area (Å²) >= 11 is 1.36. The molecule has 1 unspecified atom stereocenters. The van der Waals surface area contributed by atoms with Gasteiger partial charge in [0, 0.05) is 11.3 Å². The van der Waals surface area contributed by atoms with Gasteiger partial charge >= 0.3 is 0 Å². The minimum Gasteiger partial charge on any atom is -0.448 e. The monoisotopic (exact) mass is 343 g/mol. The molecule has 1 aliphatic carbocycles. The predicted octanol–water partition coefficient (Wildman–Crippen LogP) is 4.79. The maximum atomic E-state index is 12.7. The van der Waals surface area contributed by atoms with E-state index in [0.717, 1.165) is 18.5 Å². The summed E-state index contributed by atoms with van der Waals surface area (Å²) in [4.78, 5) is 21.5. The van der Waals surface area contributed by atoms with Crippen LogP contribution in [0.1, 0.15) is 90.8 Å². The Morgan fingerprint density at radius 1 is 1.33 bits per heavy atom. The second-order valence-electron chi connectivity index (χ2n) is 6.60. The molecular weight excluding hydrogens is 322 g/mol. The van der Waals surface area contributed by atoms with Crippen molar-refractivity contribution in [2.75, 3.05) is 0 Å². The largest absolute Gasteiger partial charge is 0.448 e. The molecule has 0 N–H and O–H groups in total.